The van der Waals surface area contributed by atoms with Crippen LogP contribution in [0.15, 0.2) is 35.3 Å². The van der Waals surface area contributed by atoms with Gasteiger partial charge in [-0.3, -0.25) is 9.89 Å². The van der Waals surface area contributed by atoms with E-state index in [2.05, 4.69) is 50.4 Å². The van der Waals surface area contributed by atoms with Crippen molar-refractivity contribution in [3.63, 3.8) is 0 Å². The molecule has 186 valence electrons. The molecule has 33 heavy (non-hydrogen) atoms. The van der Waals surface area contributed by atoms with Crippen LogP contribution in [-0.4, -0.2) is 93.7 Å². The molecule has 0 aromatic heterocycles. The number of guanidine groups is 1. The number of ether oxygens (including phenoxy) is 3. The summed E-state index contributed by atoms with van der Waals surface area (Å²) in [7, 11) is 1.86. The fraction of sp³-hybridized carbons (Fsp3) is 0.720. The van der Waals surface area contributed by atoms with Gasteiger partial charge in [-0.25, -0.2) is 0 Å². The van der Waals surface area contributed by atoms with Gasteiger partial charge in [-0.2, -0.15) is 0 Å². The Balaban J connectivity index is 0.00000306. The highest BCUT2D eigenvalue weighted by atomic mass is 127. The van der Waals surface area contributed by atoms with Crippen molar-refractivity contribution in [2.75, 3.05) is 59.6 Å². The van der Waals surface area contributed by atoms with Crippen molar-refractivity contribution in [1.82, 2.24) is 15.1 Å². The first-order valence-electron chi connectivity index (χ1n) is 12.4. The van der Waals surface area contributed by atoms with Crippen LogP contribution in [0.5, 0.6) is 0 Å². The lowest BCUT2D eigenvalue weighted by molar-refractivity contribution is -0.0817. The second kappa shape index (κ2) is 14.5. The highest BCUT2D eigenvalue weighted by Gasteiger charge is 2.32. The SMILES string of the molecule is CN=C(NCCCOC1CCN(Cc2ccccc2)CC1)N1CCOC(C2CCCO2)C1.I. The first kappa shape index (κ1) is 26.7. The molecule has 3 aliphatic heterocycles. The van der Waals surface area contributed by atoms with Gasteiger partial charge in [0.15, 0.2) is 5.96 Å². The molecule has 0 amide bonds. The zero-order valence-electron chi connectivity index (χ0n) is 20.0. The Morgan fingerprint density at radius 2 is 1.85 bits per heavy atom. The highest BCUT2D eigenvalue weighted by molar-refractivity contribution is 14.0. The summed E-state index contributed by atoms with van der Waals surface area (Å²) in [5.74, 6) is 0.963. The quantitative estimate of drug-likeness (QED) is 0.224. The fourth-order valence-electron chi connectivity index (χ4n) is 4.92. The molecule has 0 aliphatic carbocycles. The number of benzene rings is 1. The number of hydrogen-bond donors (Lipinski definition) is 1. The summed E-state index contributed by atoms with van der Waals surface area (Å²) in [5.41, 5.74) is 1.40. The minimum absolute atomic E-state index is 0. The van der Waals surface area contributed by atoms with Gasteiger partial charge in [0.25, 0.3) is 0 Å². The molecule has 0 radical (unpaired) electrons. The third-order valence-corrected chi connectivity index (χ3v) is 6.73. The first-order valence-corrected chi connectivity index (χ1v) is 12.4. The summed E-state index contributed by atoms with van der Waals surface area (Å²) in [6.45, 7) is 8.28. The second-order valence-corrected chi connectivity index (χ2v) is 9.07. The molecule has 8 heteroatoms. The smallest absolute Gasteiger partial charge is 0.193 e. The lowest BCUT2D eigenvalue weighted by Crippen LogP contribution is -2.53. The predicted molar refractivity (Wildman–Crippen MR) is 142 cm³/mol. The summed E-state index contributed by atoms with van der Waals surface area (Å²) in [6.07, 6.45) is 6.28. The van der Waals surface area contributed by atoms with E-state index in [1.807, 2.05) is 7.05 Å². The molecule has 7 nitrogen and oxygen atoms in total. The summed E-state index contributed by atoms with van der Waals surface area (Å²) in [5, 5.41) is 3.51. The number of hydrogen-bond acceptors (Lipinski definition) is 5. The van der Waals surface area contributed by atoms with E-state index in [4.69, 9.17) is 14.2 Å². The maximum absolute atomic E-state index is 6.17. The Kier molecular flexibility index (Phi) is 11.7. The number of aliphatic imine (C=N–C) groups is 1. The van der Waals surface area contributed by atoms with E-state index in [0.29, 0.717) is 6.10 Å². The molecule has 2 unspecified atom stereocenters. The molecule has 3 heterocycles. The number of likely N-dealkylation sites (tertiary alicyclic amines) is 1. The van der Waals surface area contributed by atoms with Gasteiger partial charge in [0, 0.05) is 59.5 Å². The van der Waals surface area contributed by atoms with Crippen molar-refractivity contribution in [3.8, 4) is 0 Å². The average molecular weight is 573 g/mol. The lowest BCUT2D eigenvalue weighted by Gasteiger charge is -2.37. The zero-order valence-corrected chi connectivity index (χ0v) is 22.3. The van der Waals surface area contributed by atoms with Crippen molar-refractivity contribution in [2.24, 2.45) is 4.99 Å². The second-order valence-electron chi connectivity index (χ2n) is 9.07. The maximum Gasteiger partial charge on any atom is 0.193 e. The maximum atomic E-state index is 6.17. The molecule has 1 N–H and O–H groups in total. The van der Waals surface area contributed by atoms with Crippen LogP contribution in [0.25, 0.3) is 0 Å². The van der Waals surface area contributed by atoms with Crippen molar-refractivity contribution >= 4 is 29.9 Å². The Labute approximate surface area is 216 Å². The molecule has 2 atom stereocenters. The van der Waals surface area contributed by atoms with E-state index in [-0.39, 0.29) is 36.2 Å². The van der Waals surface area contributed by atoms with Crippen LogP contribution < -0.4 is 5.32 Å². The molecule has 1 aromatic rings. The van der Waals surface area contributed by atoms with Gasteiger partial charge in [-0.05, 0) is 37.7 Å². The third kappa shape index (κ3) is 8.35. The van der Waals surface area contributed by atoms with Crippen LogP contribution in [0.2, 0.25) is 0 Å². The van der Waals surface area contributed by atoms with Gasteiger partial charge in [-0.1, -0.05) is 30.3 Å². The number of rotatable bonds is 8. The van der Waals surface area contributed by atoms with E-state index in [1.165, 1.54) is 5.56 Å². The molecule has 1 aromatic carbocycles. The van der Waals surface area contributed by atoms with Gasteiger partial charge in [0.2, 0.25) is 0 Å². The molecule has 0 saturated carbocycles. The number of nitrogens with one attached hydrogen (secondary N) is 1. The Morgan fingerprint density at radius 3 is 2.58 bits per heavy atom. The standard InChI is InChI=1S/C25H40N4O3.HI/c1-26-25(29-15-18-32-24(20-29)23-9-5-16-31-23)27-12-6-17-30-22-10-13-28(14-11-22)19-21-7-3-2-4-8-21;/h2-4,7-8,22-24H,5-6,9-20H2,1H3,(H,26,27);1H. The molecule has 3 saturated heterocycles. The topological polar surface area (TPSA) is 58.6 Å². The van der Waals surface area contributed by atoms with E-state index in [9.17, 15) is 0 Å². The molecular formula is C25H41IN4O3. The number of nitrogens with zero attached hydrogens (tertiary/aromatic N) is 3. The Hall–Kier alpha value is -0.940. The molecule has 4 rings (SSSR count). The Bertz CT molecular complexity index is 694. The van der Waals surface area contributed by atoms with E-state index < -0.39 is 0 Å². The average Bonchev–Trinajstić information content (AvgIpc) is 3.38. The molecule has 0 bridgehead atoms. The van der Waals surface area contributed by atoms with E-state index >= 15 is 0 Å². The van der Waals surface area contributed by atoms with Crippen LogP contribution in [0.1, 0.15) is 37.7 Å². The van der Waals surface area contributed by atoms with Crippen molar-refractivity contribution in [2.45, 2.75) is 57.0 Å². The van der Waals surface area contributed by atoms with Crippen molar-refractivity contribution in [3.05, 3.63) is 35.9 Å². The molecule has 3 fully saturated rings. The summed E-state index contributed by atoms with van der Waals surface area (Å²) >= 11 is 0. The summed E-state index contributed by atoms with van der Waals surface area (Å²) in [6, 6.07) is 10.7. The minimum atomic E-state index is 0. The van der Waals surface area contributed by atoms with E-state index in [1.54, 1.807) is 0 Å². The fourth-order valence-corrected chi connectivity index (χ4v) is 4.92. The normalized spacial score (nSPS) is 25.1. The highest BCUT2D eigenvalue weighted by Crippen LogP contribution is 2.21. The van der Waals surface area contributed by atoms with Crippen LogP contribution in [0.4, 0.5) is 0 Å². The molecule has 3 aliphatic rings. The van der Waals surface area contributed by atoms with Crippen molar-refractivity contribution < 1.29 is 14.2 Å². The first-order chi connectivity index (χ1) is 15.8. The van der Waals surface area contributed by atoms with Crippen molar-refractivity contribution in [1.29, 1.82) is 0 Å². The molecular weight excluding hydrogens is 531 g/mol. The summed E-state index contributed by atoms with van der Waals surface area (Å²) < 4.78 is 18.0. The van der Waals surface area contributed by atoms with Gasteiger partial charge < -0.3 is 24.4 Å². The monoisotopic (exact) mass is 572 g/mol. The minimum Gasteiger partial charge on any atom is -0.378 e. The Morgan fingerprint density at radius 1 is 1.06 bits per heavy atom. The predicted octanol–water partition coefficient (Wildman–Crippen LogP) is 3.13. The largest absolute Gasteiger partial charge is 0.378 e. The molecule has 0 spiro atoms. The van der Waals surface area contributed by atoms with Gasteiger partial charge in [0.1, 0.15) is 6.10 Å². The number of halogens is 1. The van der Waals surface area contributed by atoms with Crippen LogP contribution in [0, 0.1) is 0 Å². The van der Waals surface area contributed by atoms with Gasteiger partial charge >= 0.3 is 0 Å². The van der Waals surface area contributed by atoms with E-state index in [0.717, 1.165) is 97.2 Å². The third-order valence-electron chi connectivity index (χ3n) is 6.73. The van der Waals surface area contributed by atoms with Gasteiger partial charge in [0.05, 0.1) is 18.8 Å². The summed E-state index contributed by atoms with van der Waals surface area (Å²) in [4.78, 5) is 9.33. The zero-order chi connectivity index (χ0) is 22.0. The van der Waals surface area contributed by atoms with Gasteiger partial charge in [-0.15, -0.1) is 24.0 Å². The van der Waals surface area contributed by atoms with Crippen LogP contribution in [0.3, 0.4) is 0 Å². The van der Waals surface area contributed by atoms with Crippen LogP contribution >= 0.6 is 24.0 Å². The number of morpholine rings is 1. The number of piperidine rings is 1. The lowest BCUT2D eigenvalue weighted by atomic mass is 10.1. The van der Waals surface area contributed by atoms with Crippen LogP contribution in [-0.2, 0) is 20.8 Å².